The summed E-state index contributed by atoms with van der Waals surface area (Å²) in [5.74, 6) is 0.806. The standard InChI is InChI=1S/C16H22ClN5S/c1-3-15-22-13(11-23-15)10-21-16(18-4-2)19-8-7-12-5-6-14(17)20-9-12/h5-6,9,11H,3-4,7-8,10H2,1-2H3,(H2,18,19,21). The Hall–Kier alpha value is -1.66. The molecule has 0 atom stereocenters. The van der Waals surface area contributed by atoms with Crippen LogP contribution in [-0.4, -0.2) is 29.0 Å². The largest absolute Gasteiger partial charge is 0.357 e. The molecule has 5 nitrogen and oxygen atoms in total. The van der Waals surface area contributed by atoms with E-state index in [1.54, 1.807) is 17.5 Å². The molecule has 0 radical (unpaired) electrons. The molecule has 0 fully saturated rings. The van der Waals surface area contributed by atoms with Crippen LogP contribution in [0.1, 0.15) is 30.1 Å². The maximum absolute atomic E-state index is 5.79. The smallest absolute Gasteiger partial charge is 0.191 e. The van der Waals surface area contributed by atoms with Crippen molar-refractivity contribution in [3.63, 3.8) is 0 Å². The zero-order chi connectivity index (χ0) is 16.5. The van der Waals surface area contributed by atoms with E-state index in [0.717, 1.165) is 48.2 Å². The van der Waals surface area contributed by atoms with Crippen LogP contribution in [0.25, 0.3) is 0 Å². The van der Waals surface area contributed by atoms with E-state index in [4.69, 9.17) is 11.6 Å². The van der Waals surface area contributed by atoms with Gasteiger partial charge < -0.3 is 10.6 Å². The lowest BCUT2D eigenvalue weighted by Gasteiger charge is -2.10. The van der Waals surface area contributed by atoms with E-state index in [1.807, 2.05) is 12.1 Å². The van der Waals surface area contributed by atoms with Gasteiger partial charge >= 0.3 is 0 Å². The van der Waals surface area contributed by atoms with E-state index in [-0.39, 0.29) is 0 Å². The number of aliphatic imine (C=N–C) groups is 1. The van der Waals surface area contributed by atoms with Crippen LogP contribution >= 0.6 is 22.9 Å². The van der Waals surface area contributed by atoms with E-state index in [9.17, 15) is 0 Å². The molecule has 0 aliphatic heterocycles. The van der Waals surface area contributed by atoms with Crippen molar-refractivity contribution < 1.29 is 0 Å². The number of rotatable bonds is 7. The van der Waals surface area contributed by atoms with Crippen molar-refractivity contribution in [3.8, 4) is 0 Å². The van der Waals surface area contributed by atoms with E-state index in [2.05, 4.69) is 44.8 Å². The van der Waals surface area contributed by atoms with Gasteiger partial charge in [0.05, 0.1) is 17.2 Å². The molecular formula is C16H22ClN5S. The topological polar surface area (TPSA) is 62.2 Å². The van der Waals surface area contributed by atoms with E-state index >= 15 is 0 Å². The zero-order valence-electron chi connectivity index (χ0n) is 13.5. The van der Waals surface area contributed by atoms with Gasteiger partial charge in [0.2, 0.25) is 0 Å². The Morgan fingerprint density at radius 3 is 2.83 bits per heavy atom. The average Bonchev–Trinajstić information content (AvgIpc) is 3.02. The molecule has 0 unspecified atom stereocenters. The Kier molecular flexibility index (Phi) is 7.29. The molecule has 0 aromatic carbocycles. The van der Waals surface area contributed by atoms with Crippen LogP contribution in [0.15, 0.2) is 28.7 Å². The lowest BCUT2D eigenvalue weighted by molar-refractivity contribution is 0.795. The number of halogens is 1. The first-order valence-corrected chi connectivity index (χ1v) is 9.03. The zero-order valence-corrected chi connectivity index (χ0v) is 15.0. The monoisotopic (exact) mass is 351 g/mol. The Balaban J connectivity index is 1.84. The summed E-state index contributed by atoms with van der Waals surface area (Å²) in [6.45, 7) is 6.37. The van der Waals surface area contributed by atoms with Crippen molar-refractivity contribution in [2.24, 2.45) is 4.99 Å². The average molecular weight is 352 g/mol. The third-order valence-electron chi connectivity index (χ3n) is 3.14. The van der Waals surface area contributed by atoms with Crippen molar-refractivity contribution >= 4 is 28.9 Å². The molecule has 0 amide bonds. The number of guanidine groups is 1. The molecule has 0 saturated carbocycles. The highest BCUT2D eigenvalue weighted by Gasteiger charge is 2.02. The van der Waals surface area contributed by atoms with Gasteiger partial charge in [-0.3, -0.25) is 0 Å². The predicted octanol–water partition coefficient (Wildman–Crippen LogP) is 3.05. The van der Waals surface area contributed by atoms with Crippen molar-refractivity contribution in [3.05, 3.63) is 45.1 Å². The number of aromatic nitrogens is 2. The van der Waals surface area contributed by atoms with Crippen LogP contribution in [0, 0.1) is 0 Å². The summed E-state index contributed by atoms with van der Waals surface area (Å²) >= 11 is 7.48. The fourth-order valence-electron chi connectivity index (χ4n) is 1.97. The number of pyridine rings is 1. The summed E-state index contributed by atoms with van der Waals surface area (Å²) < 4.78 is 0. The van der Waals surface area contributed by atoms with Gasteiger partial charge in [0.15, 0.2) is 5.96 Å². The summed E-state index contributed by atoms with van der Waals surface area (Å²) in [7, 11) is 0. The molecule has 0 aliphatic rings. The molecule has 0 aliphatic carbocycles. The van der Waals surface area contributed by atoms with Gasteiger partial charge in [-0.1, -0.05) is 24.6 Å². The first-order chi connectivity index (χ1) is 11.2. The number of hydrogen-bond donors (Lipinski definition) is 2. The Bertz CT molecular complexity index is 624. The predicted molar refractivity (Wildman–Crippen MR) is 97.3 cm³/mol. The minimum Gasteiger partial charge on any atom is -0.357 e. The molecule has 0 spiro atoms. The molecule has 2 aromatic heterocycles. The second-order valence-electron chi connectivity index (χ2n) is 4.95. The maximum atomic E-state index is 5.79. The summed E-state index contributed by atoms with van der Waals surface area (Å²) in [6.07, 6.45) is 3.64. The molecule has 124 valence electrons. The number of nitrogens with zero attached hydrogens (tertiary/aromatic N) is 3. The number of nitrogens with one attached hydrogen (secondary N) is 2. The van der Waals surface area contributed by atoms with Crippen LogP contribution in [-0.2, 0) is 19.4 Å². The quantitative estimate of drug-likeness (QED) is 0.457. The van der Waals surface area contributed by atoms with E-state index < -0.39 is 0 Å². The second-order valence-corrected chi connectivity index (χ2v) is 6.28. The Labute approximate surface area is 146 Å². The number of aryl methyl sites for hydroxylation is 1. The van der Waals surface area contributed by atoms with Crippen LogP contribution < -0.4 is 10.6 Å². The van der Waals surface area contributed by atoms with Gasteiger partial charge in [0.25, 0.3) is 0 Å². The SMILES string of the molecule is CCNC(=NCc1csc(CC)n1)NCCc1ccc(Cl)nc1. The molecule has 2 aromatic rings. The minimum atomic E-state index is 0.520. The van der Waals surface area contributed by atoms with Crippen LogP contribution in [0.3, 0.4) is 0 Å². The lowest BCUT2D eigenvalue weighted by atomic mass is 10.2. The molecule has 2 heterocycles. The van der Waals surface area contributed by atoms with Gasteiger partial charge in [-0.05, 0) is 31.4 Å². The Morgan fingerprint density at radius 2 is 2.17 bits per heavy atom. The molecule has 0 bridgehead atoms. The molecule has 23 heavy (non-hydrogen) atoms. The van der Waals surface area contributed by atoms with Gasteiger partial charge in [-0.2, -0.15) is 0 Å². The van der Waals surface area contributed by atoms with E-state index in [0.29, 0.717) is 11.7 Å². The highest BCUT2D eigenvalue weighted by atomic mass is 35.5. The number of thiazole rings is 1. The van der Waals surface area contributed by atoms with Crippen LogP contribution in [0.4, 0.5) is 0 Å². The molecule has 2 N–H and O–H groups in total. The summed E-state index contributed by atoms with van der Waals surface area (Å²) in [4.78, 5) is 13.2. The third-order valence-corrected chi connectivity index (χ3v) is 4.41. The summed E-state index contributed by atoms with van der Waals surface area (Å²) in [6, 6.07) is 3.80. The normalized spacial score (nSPS) is 11.5. The van der Waals surface area contributed by atoms with Crippen LogP contribution in [0.5, 0.6) is 0 Å². The van der Waals surface area contributed by atoms with Crippen molar-refractivity contribution in [2.45, 2.75) is 33.2 Å². The first-order valence-electron chi connectivity index (χ1n) is 7.77. The van der Waals surface area contributed by atoms with Gasteiger partial charge in [-0.15, -0.1) is 11.3 Å². The van der Waals surface area contributed by atoms with Crippen molar-refractivity contribution in [1.82, 2.24) is 20.6 Å². The maximum Gasteiger partial charge on any atom is 0.191 e. The summed E-state index contributed by atoms with van der Waals surface area (Å²) in [5.41, 5.74) is 2.16. The summed E-state index contributed by atoms with van der Waals surface area (Å²) in [5, 5.41) is 10.3. The molecule has 2 rings (SSSR count). The van der Waals surface area contributed by atoms with Gasteiger partial charge in [-0.25, -0.2) is 15.0 Å². The second kappa shape index (κ2) is 9.47. The van der Waals surface area contributed by atoms with E-state index in [1.165, 1.54) is 0 Å². The third kappa shape index (κ3) is 6.15. The minimum absolute atomic E-state index is 0.520. The molecule has 7 heteroatoms. The molecule has 0 saturated heterocycles. The highest BCUT2D eigenvalue weighted by Crippen LogP contribution is 2.10. The van der Waals surface area contributed by atoms with Crippen molar-refractivity contribution in [1.29, 1.82) is 0 Å². The fraction of sp³-hybridized carbons (Fsp3) is 0.438. The van der Waals surface area contributed by atoms with Crippen LogP contribution in [0.2, 0.25) is 5.15 Å². The van der Waals surface area contributed by atoms with Gasteiger partial charge in [0.1, 0.15) is 5.15 Å². The Morgan fingerprint density at radius 1 is 1.30 bits per heavy atom. The fourth-order valence-corrected chi connectivity index (χ4v) is 2.81. The number of hydrogen-bond acceptors (Lipinski definition) is 4. The van der Waals surface area contributed by atoms with Gasteiger partial charge in [0, 0.05) is 24.7 Å². The first kappa shape index (κ1) is 17.7. The highest BCUT2D eigenvalue weighted by molar-refractivity contribution is 7.09. The molecular weight excluding hydrogens is 330 g/mol. The van der Waals surface area contributed by atoms with Crippen molar-refractivity contribution in [2.75, 3.05) is 13.1 Å². The lowest BCUT2D eigenvalue weighted by Crippen LogP contribution is -2.38.